The van der Waals surface area contributed by atoms with Gasteiger partial charge in [-0.05, 0) is 23.4 Å². The highest BCUT2D eigenvalue weighted by atomic mass is 32.1. The molecule has 0 spiro atoms. The molecule has 21 heavy (non-hydrogen) atoms. The van der Waals surface area contributed by atoms with Crippen molar-refractivity contribution in [2.75, 3.05) is 12.4 Å². The van der Waals surface area contributed by atoms with E-state index in [-0.39, 0.29) is 11.8 Å². The molecule has 0 saturated carbocycles. The Morgan fingerprint density at radius 2 is 1.95 bits per heavy atom. The molecule has 2 aromatic rings. The average molecular weight is 303 g/mol. The van der Waals surface area contributed by atoms with Gasteiger partial charge in [0, 0.05) is 0 Å². The predicted octanol–water partition coefficient (Wildman–Crippen LogP) is 3.67. The van der Waals surface area contributed by atoms with Crippen molar-refractivity contribution >= 4 is 28.9 Å². The molecule has 110 valence electrons. The molecule has 0 fully saturated rings. The second-order valence-corrected chi connectivity index (χ2v) is 5.43. The van der Waals surface area contributed by atoms with E-state index in [1.165, 1.54) is 18.4 Å². The summed E-state index contributed by atoms with van der Waals surface area (Å²) in [6.45, 7) is 1.96. The van der Waals surface area contributed by atoms with Gasteiger partial charge in [-0.15, -0.1) is 11.3 Å². The highest BCUT2D eigenvalue weighted by Gasteiger charge is 2.21. The number of amides is 1. The zero-order valence-electron chi connectivity index (χ0n) is 12.0. The van der Waals surface area contributed by atoms with Crippen LogP contribution in [0.2, 0.25) is 0 Å². The van der Waals surface area contributed by atoms with Crippen LogP contribution in [0.5, 0.6) is 0 Å². The van der Waals surface area contributed by atoms with Gasteiger partial charge in [-0.1, -0.05) is 37.3 Å². The van der Waals surface area contributed by atoms with Gasteiger partial charge in [0.15, 0.2) is 0 Å². The molecule has 1 aromatic heterocycles. The molecule has 0 unspecified atom stereocenters. The van der Waals surface area contributed by atoms with Crippen molar-refractivity contribution in [1.29, 1.82) is 0 Å². The van der Waals surface area contributed by atoms with Crippen LogP contribution >= 0.6 is 11.3 Å². The fourth-order valence-electron chi connectivity index (χ4n) is 2.14. The highest BCUT2D eigenvalue weighted by molar-refractivity contribution is 7.12. The number of hydrogen-bond donors (Lipinski definition) is 1. The molecule has 0 radical (unpaired) electrons. The van der Waals surface area contributed by atoms with Gasteiger partial charge in [-0.3, -0.25) is 4.79 Å². The molecule has 4 nitrogen and oxygen atoms in total. The molecule has 1 amide bonds. The maximum atomic E-state index is 12.4. The van der Waals surface area contributed by atoms with Crippen molar-refractivity contribution < 1.29 is 14.3 Å². The number of nitrogens with one attached hydrogen (secondary N) is 1. The summed E-state index contributed by atoms with van der Waals surface area (Å²) < 4.78 is 4.71. The highest BCUT2D eigenvalue weighted by Crippen LogP contribution is 2.26. The molecule has 0 saturated heterocycles. The maximum absolute atomic E-state index is 12.4. The topological polar surface area (TPSA) is 55.4 Å². The normalized spacial score (nSPS) is 11.7. The second-order valence-electron chi connectivity index (χ2n) is 4.52. The van der Waals surface area contributed by atoms with Gasteiger partial charge in [0.2, 0.25) is 5.91 Å². The average Bonchev–Trinajstić information content (AvgIpc) is 2.96. The number of benzene rings is 1. The van der Waals surface area contributed by atoms with Crippen LogP contribution in [0.15, 0.2) is 41.8 Å². The van der Waals surface area contributed by atoms with E-state index in [2.05, 4.69) is 5.32 Å². The second kappa shape index (κ2) is 7.04. The summed E-state index contributed by atoms with van der Waals surface area (Å²) >= 11 is 1.25. The lowest BCUT2D eigenvalue weighted by Crippen LogP contribution is -2.21. The summed E-state index contributed by atoms with van der Waals surface area (Å²) in [6, 6.07) is 11.3. The van der Waals surface area contributed by atoms with Crippen LogP contribution in [0, 0.1) is 0 Å². The standard InChI is InChI=1S/C16H17NO3S/c1-3-12(11-7-5-4-6-8-11)15(18)17-13-9-10-21-14(13)16(19)20-2/h4-10,12H,3H2,1-2H3,(H,17,18)/t12-/m1/s1. The van der Waals surface area contributed by atoms with Crippen LogP contribution in [-0.2, 0) is 9.53 Å². The van der Waals surface area contributed by atoms with Gasteiger partial charge in [0.05, 0.1) is 18.7 Å². The van der Waals surface area contributed by atoms with Crippen molar-refractivity contribution in [3.63, 3.8) is 0 Å². The lowest BCUT2D eigenvalue weighted by molar-refractivity contribution is -0.117. The molecule has 5 heteroatoms. The molecule has 1 atom stereocenters. The largest absolute Gasteiger partial charge is 0.465 e. The molecule has 1 N–H and O–H groups in total. The Balaban J connectivity index is 2.17. The predicted molar refractivity (Wildman–Crippen MR) is 83.8 cm³/mol. The molecule has 0 aliphatic carbocycles. The first-order valence-electron chi connectivity index (χ1n) is 6.69. The molecule has 0 aliphatic heterocycles. The number of anilines is 1. The lowest BCUT2D eigenvalue weighted by atomic mass is 9.95. The van der Waals surface area contributed by atoms with Gasteiger partial charge >= 0.3 is 5.97 Å². The quantitative estimate of drug-likeness (QED) is 0.857. The summed E-state index contributed by atoms with van der Waals surface area (Å²) in [5.74, 6) is -0.795. The number of hydrogen-bond acceptors (Lipinski definition) is 4. The van der Waals surface area contributed by atoms with E-state index in [0.29, 0.717) is 17.0 Å². The van der Waals surface area contributed by atoms with E-state index < -0.39 is 5.97 Å². The fourth-order valence-corrected chi connectivity index (χ4v) is 2.90. The van der Waals surface area contributed by atoms with Gasteiger partial charge in [-0.2, -0.15) is 0 Å². The van der Waals surface area contributed by atoms with Crippen molar-refractivity contribution in [3.05, 3.63) is 52.2 Å². The number of rotatable bonds is 5. The lowest BCUT2D eigenvalue weighted by Gasteiger charge is -2.15. The Labute approximate surface area is 127 Å². The molecular formula is C16H17NO3S. The molecule has 2 rings (SSSR count). The summed E-state index contributed by atoms with van der Waals surface area (Å²) in [5, 5.41) is 4.58. The van der Waals surface area contributed by atoms with E-state index in [1.54, 1.807) is 11.4 Å². The van der Waals surface area contributed by atoms with E-state index in [9.17, 15) is 9.59 Å². The molecule has 0 bridgehead atoms. The van der Waals surface area contributed by atoms with Crippen molar-refractivity contribution in [3.8, 4) is 0 Å². The number of ether oxygens (including phenoxy) is 1. The number of carbonyl (C=O) groups is 2. The minimum atomic E-state index is -0.437. The number of carbonyl (C=O) groups excluding carboxylic acids is 2. The van der Waals surface area contributed by atoms with E-state index in [1.807, 2.05) is 37.3 Å². The first-order valence-corrected chi connectivity index (χ1v) is 7.57. The van der Waals surface area contributed by atoms with Crippen molar-refractivity contribution in [1.82, 2.24) is 0 Å². The van der Waals surface area contributed by atoms with Gasteiger partial charge in [0.1, 0.15) is 4.88 Å². The van der Waals surface area contributed by atoms with E-state index in [4.69, 9.17) is 4.74 Å². The van der Waals surface area contributed by atoms with E-state index in [0.717, 1.165) is 5.56 Å². The van der Waals surface area contributed by atoms with Gasteiger partial charge in [0.25, 0.3) is 0 Å². The number of thiophene rings is 1. The molecule has 1 heterocycles. The number of esters is 1. The van der Waals surface area contributed by atoms with E-state index >= 15 is 0 Å². The van der Waals surface area contributed by atoms with Crippen LogP contribution in [0.25, 0.3) is 0 Å². The Morgan fingerprint density at radius 3 is 2.57 bits per heavy atom. The van der Waals surface area contributed by atoms with Crippen molar-refractivity contribution in [2.45, 2.75) is 19.3 Å². The summed E-state index contributed by atoms with van der Waals surface area (Å²) in [7, 11) is 1.33. The first kappa shape index (κ1) is 15.3. The monoisotopic (exact) mass is 303 g/mol. The van der Waals surface area contributed by atoms with Crippen molar-refractivity contribution in [2.24, 2.45) is 0 Å². The third kappa shape index (κ3) is 3.49. The third-order valence-corrected chi connectivity index (χ3v) is 4.12. The maximum Gasteiger partial charge on any atom is 0.350 e. The van der Waals surface area contributed by atoms with Crippen LogP contribution < -0.4 is 5.32 Å². The fraction of sp³-hybridized carbons (Fsp3) is 0.250. The third-order valence-electron chi connectivity index (χ3n) is 3.22. The summed E-state index contributed by atoms with van der Waals surface area (Å²) in [6.07, 6.45) is 0.688. The molecular weight excluding hydrogens is 286 g/mol. The Morgan fingerprint density at radius 1 is 1.24 bits per heavy atom. The molecule has 0 aliphatic rings. The minimum Gasteiger partial charge on any atom is -0.465 e. The van der Waals surface area contributed by atoms with Gasteiger partial charge < -0.3 is 10.1 Å². The zero-order chi connectivity index (χ0) is 15.2. The van der Waals surface area contributed by atoms with Crippen LogP contribution in [0.1, 0.15) is 34.5 Å². The smallest absolute Gasteiger partial charge is 0.350 e. The van der Waals surface area contributed by atoms with Crippen LogP contribution in [0.4, 0.5) is 5.69 Å². The Hall–Kier alpha value is -2.14. The first-order chi connectivity index (χ1) is 10.2. The molecule has 1 aromatic carbocycles. The summed E-state index contributed by atoms with van der Waals surface area (Å²) in [5.41, 5.74) is 1.47. The van der Waals surface area contributed by atoms with Gasteiger partial charge in [-0.25, -0.2) is 4.79 Å². The SMILES string of the molecule is CC[C@@H](C(=O)Nc1ccsc1C(=O)OC)c1ccccc1. The van der Waals surface area contributed by atoms with Crippen LogP contribution in [0.3, 0.4) is 0 Å². The Bertz CT molecular complexity index is 621. The number of methoxy groups -OCH3 is 1. The zero-order valence-corrected chi connectivity index (χ0v) is 12.8. The minimum absolute atomic E-state index is 0.118. The summed E-state index contributed by atoms with van der Waals surface area (Å²) in [4.78, 5) is 24.5. The van der Waals surface area contributed by atoms with Crippen LogP contribution in [-0.4, -0.2) is 19.0 Å². The Kier molecular flexibility index (Phi) is 5.11.